The molecule has 2 aliphatic rings. The number of hydrogen-bond donors (Lipinski definition) is 4. The minimum absolute atomic E-state index is 0.329. The third-order valence-corrected chi connectivity index (χ3v) is 8.20. The number of nitrogens with zero attached hydrogens (tertiary/aromatic N) is 2. The van der Waals surface area contributed by atoms with E-state index in [0.29, 0.717) is 23.9 Å². The number of rotatable bonds is 5. The molecule has 0 unspecified atom stereocenters. The summed E-state index contributed by atoms with van der Waals surface area (Å²) in [6, 6.07) is 24.7. The molecule has 2 aromatic heterocycles. The van der Waals surface area contributed by atoms with Gasteiger partial charge in [-0.3, -0.25) is 0 Å². The van der Waals surface area contributed by atoms with E-state index < -0.39 is 0 Å². The highest BCUT2D eigenvalue weighted by Gasteiger charge is 2.25. The summed E-state index contributed by atoms with van der Waals surface area (Å²) in [4.78, 5) is 16.6. The van der Waals surface area contributed by atoms with Gasteiger partial charge in [0.15, 0.2) is 0 Å². The van der Waals surface area contributed by atoms with E-state index in [9.17, 15) is 0 Å². The maximum absolute atomic E-state index is 4.84. The van der Waals surface area contributed by atoms with Crippen LogP contribution in [0.4, 0.5) is 0 Å². The van der Waals surface area contributed by atoms with Crippen LogP contribution < -0.4 is 10.6 Å². The largest absolute Gasteiger partial charge is 0.341 e. The number of aromatic nitrogens is 4. The molecular formula is C32H34N6. The second-order valence-electron chi connectivity index (χ2n) is 11.3. The second kappa shape index (κ2) is 9.53. The topological polar surface area (TPSA) is 81.4 Å². The Morgan fingerprint density at radius 1 is 0.632 bits per heavy atom. The zero-order valence-electron chi connectivity index (χ0n) is 22.0. The van der Waals surface area contributed by atoms with Gasteiger partial charge in [0.1, 0.15) is 11.6 Å². The molecule has 7 rings (SSSR count). The Hall–Kier alpha value is -3.74. The van der Waals surface area contributed by atoms with Gasteiger partial charge in [0.25, 0.3) is 0 Å². The van der Waals surface area contributed by atoms with E-state index in [2.05, 4.69) is 106 Å². The number of nitrogens with one attached hydrogen (secondary N) is 4. The van der Waals surface area contributed by atoms with E-state index in [1.807, 2.05) is 6.20 Å². The Morgan fingerprint density at radius 3 is 1.79 bits per heavy atom. The van der Waals surface area contributed by atoms with Gasteiger partial charge in [0, 0.05) is 0 Å². The van der Waals surface area contributed by atoms with Gasteiger partial charge >= 0.3 is 0 Å². The minimum Gasteiger partial charge on any atom is -0.341 e. The van der Waals surface area contributed by atoms with E-state index in [-0.39, 0.29) is 0 Å². The lowest BCUT2D eigenvalue weighted by Gasteiger charge is -2.07. The second-order valence-corrected chi connectivity index (χ2v) is 11.3. The summed E-state index contributed by atoms with van der Waals surface area (Å²) < 4.78 is 0. The summed E-state index contributed by atoms with van der Waals surface area (Å²) in [6.07, 6.45) is 4.22. The predicted molar refractivity (Wildman–Crippen MR) is 154 cm³/mol. The number of H-pyrrole nitrogens is 2. The Morgan fingerprint density at radius 2 is 1.18 bits per heavy atom. The van der Waals surface area contributed by atoms with Crippen molar-refractivity contribution >= 4 is 11.0 Å². The summed E-state index contributed by atoms with van der Waals surface area (Å²) >= 11 is 0. The first kappa shape index (κ1) is 23.4. The fourth-order valence-electron chi connectivity index (χ4n) is 5.97. The molecule has 2 saturated heterocycles. The molecule has 38 heavy (non-hydrogen) atoms. The van der Waals surface area contributed by atoms with Gasteiger partial charge in [0.2, 0.25) is 0 Å². The van der Waals surface area contributed by atoms with Crippen LogP contribution in [0.1, 0.15) is 50.4 Å². The average molecular weight is 503 g/mol. The summed E-state index contributed by atoms with van der Waals surface area (Å²) in [5.74, 6) is 3.48. The molecule has 0 saturated carbocycles. The van der Waals surface area contributed by atoms with Crippen LogP contribution in [0, 0.1) is 11.8 Å². The summed E-state index contributed by atoms with van der Waals surface area (Å²) in [5.41, 5.74) is 9.17. The lowest BCUT2D eigenvalue weighted by molar-refractivity contribution is 0.588. The van der Waals surface area contributed by atoms with Crippen molar-refractivity contribution in [3.05, 3.63) is 84.6 Å². The zero-order chi connectivity index (χ0) is 25.6. The molecule has 0 bridgehead atoms. The van der Waals surface area contributed by atoms with Crippen molar-refractivity contribution in [3.63, 3.8) is 0 Å². The fraction of sp³-hybridized carbons (Fsp3) is 0.312. The first-order chi connectivity index (χ1) is 18.6. The molecule has 6 heteroatoms. The molecule has 2 aliphatic heterocycles. The van der Waals surface area contributed by atoms with Gasteiger partial charge < -0.3 is 20.6 Å². The van der Waals surface area contributed by atoms with Crippen molar-refractivity contribution in [3.8, 4) is 33.5 Å². The average Bonchev–Trinajstić information content (AvgIpc) is 3.75. The Bertz CT molecular complexity index is 1560. The first-order valence-corrected chi connectivity index (χ1v) is 13.8. The summed E-state index contributed by atoms with van der Waals surface area (Å²) in [5, 5.41) is 7.13. The number of fused-ring (bicyclic) bond motifs is 1. The number of aromatic amines is 2. The fourth-order valence-corrected chi connectivity index (χ4v) is 5.97. The van der Waals surface area contributed by atoms with Gasteiger partial charge in [-0.15, -0.1) is 0 Å². The molecule has 0 radical (unpaired) electrons. The number of hydrogen-bond acceptors (Lipinski definition) is 4. The van der Waals surface area contributed by atoms with Crippen molar-refractivity contribution < 1.29 is 0 Å². The molecule has 5 aromatic rings. The Labute approximate surface area is 223 Å². The normalized spacial score (nSPS) is 23.4. The smallest absolute Gasteiger partial charge is 0.124 e. The highest BCUT2D eigenvalue weighted by Crippen LogP contribution is 2.31. The lowest BCUT2D eigenvalue weighted by Crippen LogP contribution is -2.14. The quantitative estimate of drug-likeness (QED) is 0.217. The van der Waals surface area contributed by atoms with Crippen molar-refractivity contribution in [1.29, 1.82) is 0 Å². The number of imidazole rings is 2. The van der Waals surface area contributed by atoms with Crippen LogP contribution in [0.25, 0.3) is 44.5 Å². The van der Waals surface area contributed by atoms with Crippen molar-refractivity contribution in [1.82, 2.24) is 30.6 Å². The van der Waals surface area contributed by atoms with Crippen LogP contribution in [0.3, 0.4) is 0 Å². The van der Waals surface area contributed by atoms with Gasteiger partial charge in [-0.2, -0.15) is 0 Å². The highest BCUT2D eigenvalue weighted by atomic mass is 15.1. The third kappa shape index (κ3) is 4.44. The molecule has 4 atom stereocenters. The lowest BCUT2D eigenvalue weighted by atomic mass is 9.99. The minimum atomic E-state index is 0.329. The highest BCUT2D eigenvalue weighted by molar-refractivity contribution is 5.82. The van der Waals surface area contributed by atoms with Crippen LogP contribution in [-0.2, 0) is 0 Å². The van der Waals surface area contributed by atoms with E-state index in [0.717, 1.165) is 59.9 Å². The van der Waals surface area contributed by atoms with Crippen LogP contribution in [0.15, 0.2) is 72.9 Å². The van der Waals surface area contributed by atoms with Crippen LogP contribution in [-0.4, -0.2) is 33.0 Å². The molecule has 0 spiro atoms. The predicted octanol–water partition coefficient (Wildman–Crippen LogP) is 6.63. The van der Waals surface area contributed by atoms with Crippen molar-refractivity contribution in [2.45, 2.75) is 38.8 Å². The number of benzene rings is 3. The van der Waals surface area contributed by atoms with Crippen LogP contribution in [0.2, 0.25) is 0 Å². The zero-order valence-corrected chi connectivity index (χ0v) is 22.0. The van der Waals surface area contributed by atoms with Crippen molar-refractivity contribution in [2.75, 3.05) is 13.1 Å². The van der Waals surface area contributed by atoms with E-state index >= 15 is 0 Å². The molecule has 4 N–H and O–H groups in total. The molecule has 2 fully saturated rings. The standard InChI is InChI=1S/C32H34N6/c1-19-13-28(33-16-19)31-35-18-30(38-31)24-9-7-22(8-10-24)21-3-5-23(6-4-21)25-11-12-26-27(15-25)37-32(36-26)29-14-20(2)17-34-29/h3-12,15,18-20,28-29,33-34H,13-14,16-17H2,1-2H3,(H,35,38)(H,36,37)/t19-,20-,28-,29-/m0/s1. The molecule has 3 aromatic carbocycles. The third-order valence-electron chi connectivity index (χ3n) is 8.20. The maximum Gasteiger partial charge on any atom is 0.124 e. The van der Waals surface area contributed by atoms with Crippen LogP contribution >= 0.6 is 0 Å². The first-order valence-electron chi connectivity index (χ1n) is 13.8. The molecule has 192 valence electrons. The van der Waals surface area contributed by atoms with E-state index in [4.69, 9.17) is 4.98 Å². The maximum atomic E-state index is 4.84. The molecule has 0 amide bonds. The van der Waals surface area contributed by atoms with Crippen molar-refractivity contribution in [2.24, 2.45) is 11.8 Å². The van der Waals surface area contributed by atoms with E-state index in [1.165, 1.54) is 22.3 Å². The van der Waals surface area contributed by atoms with Gasteiger partial charge in [-0.05, 0) is 77.7 Å². The van der Waals surface area contributed by atoms with Gasteiger partial charge in [-0.25, -0.2) is 9.97 Å². The van der Waals surface area contributed by atoms with Gasteiger partial charge in [-0.1, -0.05) is 68.4 Å². The molecular weight excluding hydrogens is 468 g/mol. The van der Waals surface area contributed by atoms with Crippen LogP contribution in [0.5, 0.6) is 0 Å². The summed E-state index contributed by atoms with van der Waals surface area (Å²) in [6.45, 7) is 6.69. The van der Waals surface area contributed by atoms with E-state index in [1.54, 1.807) is 0 Å². The SMILES string of the molecule is C[C@@H]1CN[C@H](c2ncc(-c3ccc(-c4ccc(-c5ccc6nc([C@@H]7C[C@H](C)CN7)[nH]c6c5)cc4)cc3)[nH]2)C1. The molecule has 4 heterocycles. The monoisotopic (exact) mass is 502 g/mol. The Kier molecular flexibility index (Phi) is 5.87. The molecule has 0 aliphatic carbocycles. The van der Waals surface area contributed by atoms with Gasteiger partial charge in [0.05, 0.1) is 35.0 Å². The summed E-state index contributed by atoms with van der Waals surface area (Å²) in [7, 11) is 0. The molecule has 6 nitrogen and oxygen atoms in total. The Balaban J connectivity index is 1.07.